The molecule has 4 aromatic rings. The normalized spacial score (nSPS) is 16.5. The van der Waals surface area contributed by atoms with Crippen molar-refractivity contribution in [1.29, 1.82) is 0 Å². The summed E-state index contributed by atoms with van der Waals surface area (Å²) in [7, 11) is 0. The van der Waals surface area contributed by atoms with Crippen LogP contribution in [0.2, 0.25) is 0 Å². The van der Waals surface area contributed by atoms with Crippen molar-refractivity contribution >= 4 is 41.1 Å². The number of nitrogens with zero attached hydrogens (tertiary/aromatic N) is 1. The molecule has 1 aliphatic heterocycles. The van der Waals surface area contributed by atoms with Crippen LogP contribution in [0.4, 0.5) is 14.5 Å². The first kappa shape index (κ1) is 36.8. The SMILES string of the molecule is O=C(COc1ccc(C2C(SCC(O)c3ccc(F)cc3)C(=O)N2c2ccc(F)cc2)cc1)NCC(=O)N[C@H](CCc1ccc(O)cc1)C(=O)O. The van der Waals surface area contributed by atoms with E-state index in [0.717, 1.165) is 11.1 Å². The summed E-state index contributed by atoms with van der Waals surface area (Å²) in [6.07, 6.45) is -0.489. The van der Waals surface area contributed by atoms with E-state index in [1.165, 1.54) is 77.3 Å². The number of nitrogens with one attached hydrogen (secondary N) is 2. The zero-order chi connectivity index (χ0) is 36.5. The summed E-state index contributed by atoms with van der Waals surface area (Å²) < 4.78 is 32.5. The molecule has 0 aromatic heterocycles. The molecule has 266 valence electrons. The number of carbonyl (C=O) groups excluding carboxylic acids is 3. The van der Waals surface area contributed by atoms with Crippen molar-refractivity contribution in [3.05, 3.63) is 125 Å². The second-order valence-electron chi connectivity index (χ2n) is 11.7. The van der Waals surface area contributed by atoms with Crippen LogP contribution in [-0.4, -0.2) is 69.2 Å². The lowest BCUT2D eigenvalue weighted by molar-refractivity contribution is -0.141. The molecule has 1 fully saturated rings. The van der Waals surface area contributed by atoms with E-state index in [-0.39, 0.29) is 23.8 Å². The molecule has 51 heavy (non-hydrogen) atoms. The van der Waals surface area contributed by atoms with Gasteiger partial charge in [-0.2, -0.15) is 0 Å². The average molecular weight is 720 g/mol. The van der Waals surface area contributed by atoms with Gasteiger partial charge in [0.2, 0.25) is 11.8 Å². The largest absolute Gasteiger partial charge is 0.508 e. The number of benzene rings is 4. The number of carbonyl (C=O) groups is 4. The fourth-order valence-electron chi connectivity index (χ4n) is 5.43. The number of aromatic hydroxyl groups is 1. The van der Waals surface area contributed by atoms with Gasteiger partial charge in [0, 0.05) is 11.4 Å². The number of rotatable bonds is 16. The Kier molecular flexibility index (Phi) is 12.2. The van der Waals surface area contributed by atoms with E-state index in [1.807, 2.05) is 0 Å². The Morgan fingerprint density at radius 3 is 2.12 bits per heavy atom. The van der Waals surface area contributed by atoms with Crippen LogP contribution in [0.15, 0.2) is 97.1 Å². The van der Waals surface area contributed by atoms with Crippen molar-refractivity contribution in [3.63, 3.8) is 0 Å². The number of ether oxygens (including phenoxy) is 1. The van der Waals surface area contributed by atoms with E-state index >= 15 is 0 Å². The van der Waals surface area contributed by atoms with Crippen LogP contribution in [0.25, 0.3) is 0 Å². The first-order valence-electron chi connectivity index (χ1n) is 15.9. The van der Waals surface area contributed by atoms with Gasteiger partial charge in [0.25, 0.3) is 5.91 Å². The summed E-state index contributed by atoms with van der Waals surface area (Å²) in [5, 5.41) is 33.7. The van der Waals surface area contributed by atoms with Gasteiger partial charge in [0.05, 0.1) is 18.7 Å². The third kappa shape index (κ3) is 9.83. The molecular weight excluding hydrogens is 684 g/mol. The number of carboxylic acids is 1. The van der Waals surface area contributed by atoms with Gasteiger partial charge in [-0.05, 0) is 90.2 Å². The molecule has 4 atom stereocenters. The first-order chi connectivity index (χ1) is 24.5. The summed E-state index contributed by atoms with van der Waals surface area (Å²) in [6.45, 7) is -0.896. The molecule has 0 bridgehead atoms. The minimum atomic E-state index is -1.22. The Balaban J connectivity index is 1.14. The number of aliphatic hydroxyl groups is 1. The lowest BCUT2D eigenvalue weighted by Gasteiger charge is -2.47. The summed E-state index contributed by atoms with van der Waals surface area (Å²) in [4.78, 5) is 51.2. The van der Waals surface area contributed by atoms with Gasteiger partial charge >= 0.3 is 5.97 Å². The molecule has 0 radical (unpaired) electrons. The van der Waals surface area contributed by atoms with Gasteiger partial charge in [0.15, 0.2) is 6.61 Å². The van der Waals surface area contributed by atoms with E-state index in [1.54, 1.807) is 36.4 Å². The van der Waals surface area contributed by atoms with Gasteiger partial charge in [-0.3, -0.25) is 14.4 Å². The molecule has 1 saturated heterocycles. The van der Waals surface area contributed by atoms with Crippen molar-refractivity contribution in [2.24, 2.45) is 0 Å². The van der Waals surface area contributed by atoms with Crippen LogP contribution in [0.3, 0.4) is 0 Å². The zero-order valence-electron chi connectivity index (χ0n) is 27.1. The molecule has 0 saturated carbocycles. The maximum Gasteiger partial charge on any atom is 0.326 e. The number of aliphatic carboxylic acids is 1. The molecule has 11 nitrogen and oxygen atoms in total. The van der Waals surface area contributed by atoms with Crippen LogP contribution in [0, 0.1) is 11.6 Å². The highest BCUT2D eigenvalue weighted by Gasteiger charge is 2.49. The quantitative estimate of drug-likeness (QED) is 0.106. The smallest absolute Gasteiger partial charge is 0.326 e. The number of halogens is 2. The van der Waals surface area contributed by atoms with Crippen LogP contribution in [-0.2, 0) is 25.6 Å². The number of β-lactam (4-membered cyclic amide) rings is 1. The Morgan fingerprint density at radius 2 is 1.49 bits per heavy atom. The van der Waals surface area contributed by atoms with Gasteiger partial charge in [-0.25, -0.2) is 13.6 Å². The van der Waals surface area contributed by atoms with Crippen molar-refractivity contribution in [1.82, 2.24) is 10.6 Å². The van der Waals surface area contributed by atoms with Crippen molar-refractivity contribution in [3.8, 4) is 11.5 Å². The molecule has 5 N–H and O–H groups in total. The fourth-order valence-corrected chi connectivity index (χ4v) is 6.73. The highest BCUT2D eigenvalue weighted by atomic mass is 32.2. The van der Waals surface area contributed by atoms with Gasteiger partial charge < -0.3 is 35.6 Å². The van der Waals surface area contributed by atoms with E-state index in [9.17, 15) is 43.3 Å². The predicted octanol–water partition coefficient (Wildman–Crippen LogP) is 4.29. The lowest BCUT2D eigenvalue weighted by Crippen LogP contribution is -2.57. The number of amides is 3. The van der Waals surface area contributed by atoms with Crippen LogP contribution >= 0.6 is 11.8 Å². The molecule has 0 aliphatic carbocycles. The summed E-state index contributed by atoms with van der Waals surface area (Å²) in [5.74, 6) is -3.05. The standard InChI is InChI=1S/C37H35F2N3O8S/c38-25-8-4-23(5-9-25)31(44)21-51-35-34(42(36(35)47)27-12-10-26(39)11-13-27)24-6-16-29(17-7-24)50-20-33(46)40-19-32(45)41-30(37(48)49)18-3-22-1-14-28(43)15-2-22/h1-2,4-17,30-31,34-35,43-44H,3,18-21H2,(H,40,46)(H,41,45)(H,48,49)/t30-,31?,34?,35?/m1/s1. The predicted molar refractivity (Wildman–Crippen MR) is 185 cm³/mol. The van der Waals surface area contributed by atoms with E-state index in [2.05, 4.69) is 10.6 Å². The molecule has 1 heterocycles. The second kappa shape index (κ2) is 17.0. The summed E-state index contributed by atoms with van der Waals surface area (Å²) in [5.41, 5.74) is 2.52. The molecule has 4 aromatic carbocycles. The fraction of sp³-hybridized carbons (Fsp3) is 0.243. The molecule has 0 spiro atoms. The number of hydrogen-bond acceptors (Lipinski definition) is 8. The lowest BCUT2D eigenvalue weighted by atomic mass is 9.92. The summed E-state index contributed by atoms with van der Waals surface area (Å²) in [6, 6.07) is 22.3. The topological polar surface area (TPSA) is 165 Å². The Bertz CT molecular complexity index is 1830. The Hall–Kier alpha value is -5.47. The molecule has 5 rings (SSSR count). The highest BCUT2D eigenvalue weighted by Crippen LogP contribution is 2.46. The Morgan fingerprint density at radius 1 is 0.863 bits per heavy atom. The maximum atomic E-state index is 13.6. The Labute approximate surface area is 296 Å². The van der Waals surface area contributed by atoms with Crippen LogP contribution in [0.5, 0.6) is 11.5 Å². The third-order valence-electron chi connectivity index (χ3n) is 8.17. The van der Waals surface area contributed by atoms with Crippen molar-refractivity contribution in [2.45, 2.75) is 36.3 Å². The zero-order valence-corrected chi connectivity index (χ0v) is 27.9. The highest BCUT2D eigenvalue weighted by molar-refractivity contribution is 8.00. The third-order valence-corrected chi connectivity index (χ3v) is 9.49. The molecule has 1 aliphatic rings. The maximum absolute atomic E-state index is 13.6. The summed E-state index contributed by atoms with van der Waals surface area (Å²) >= 11 is 1.25. The van der Waals surface area contributed by atoms with Crippen LogP contribution < -0.4 is 20.3 Å². The van der Waals surface area contributed by atoms with Crippen molar-refractivity contribution in [2.75, 3.05) is 23.8 Å². The number of anilines is 1. The molecule has 14 heteroatoms. The average Bonchev–Trinajstić information content (AvgIpc) is 3.12. The van der Waals surface area contributed by atoms with Gasteiger partial charge in [0.1, 0.15) is 34.4 Å². The van der Waals surface area contributed by atoms with Crippen LogP contribution in [0.1, 0.15) is 35.3 Å². The first-order valence-corrected chi connectivity index (χ1v) is 17.0. The van der Waals surface area contributed by atoms with E-state index < -0.39 is 66.0 Å². The number of thioether (sulfide) groups is 1. The number of phenolic OH excluding ortho intramolecular Hbond substituents is 1. The molecular formula is C37H35F2N3O8S. The number of aliphatic hydroxyl groups excluding tert-OH is 1. The number of carboxylic acid groups (broad SMARTS) is 1. The number of phenols is 1. The number of aryl methyl sites for hydroxylation is 1. The second-order valence-corrected chi connectivity index (χ2v) is 12.9. The van der Waals surface area contributed by atoms with Gasteiger partial charge in [-0.15, -0.1) is 11.8 Å². The molecule has 3 amide bonds. The molecule has 3 unspecified atom stereocenters. The van der Waals surface area contributed by atoms with E-state index in [4.69, 9.17) is 4.74 Å². The van der Waals surface area contributed by atoms with Crippen molar-refractivity contribution < 1.29 is 48.0 Å². The van der Waals surface area contributed by atoms with E-state index in [0.29, 0.717) is 23.4 Å². The number of hydrogen-bond donors (Lipinski definition) is 5. The minimum absolute atomic E-state index is 0.0850. The minimum Gasteiger partial charge on any atom is -0.508 e. The van der Waals surface area contributed by atoms with Gasteiger partial charge in [-0.1, -0.05) is 36.4 Å². The monoisotopic (exact) mass is 719 g/mol.